The zero-order chi connectivity index (χ0) is 18.5. The van der Waals surface area contributed by atoms with Crippen LogP contribution in [0.4, 0.5) is 5.69 Å². The molecule has 6 nitrogen and oxygen atoms in total. The Morgan fingerprint density at radius 2 is 1.96 bits per heavy atom. The number of aromatic nitrogens is 2. The molecule has 0 bridgehead atoms. The topological polar surface area (TPSA) is 72.7 Å². The van der Waals surface area contributed by atoms with Crippen LogP contribution in [0.5, 0.6) is 5.75 Å². The molecule has 134 valence electrons. The average molecular weight is 351 g/mol. The smallest absolute Gasteiger partial charge is 0.258 e. The third kappa shape index (κ3) is 4.47. The molecule has 0 saturated heterocycles. The van der Waals surface area contributed by atoms with Gasteiger partial charge in [-0.2, -0.15) is 0 Å². The van der Waals surface area contributed by atoms with Gasteiger partial charge < -0.3 is 10.1 Å². The largest absolute Gasteiger partial charge is 0.487 e. The Morgan fingerprint density at radius 1 is 1.19 bits per heavy atom. The standard InChI is InChI=1S/C20H21N3O3/c1-14(2)11-19(24)22-15-6-8-17(9-7-15)26-13-16-12-20(25)23-10-4-3-5-18(23)21-16/h3-10,12,14H,11,13H2,1-2H3,(H,22,24). The fourth-order valence-corrected chi connectivity index (χ4v) is 2.55. The normalized spacial score (nSPS) is 10.9. The number of carbonyl (C=O) groups excluding carboxylic acids is 1. The number of fused-ring (bicyclic) bond motifs is 1. The van der Waals surface area contributed by atoms with E-state index in [1.165, 1.54) is 10.5 Å². The van der Waals surface area contributed by atoms with E-state index in [4.69, 9.17) is 4.74 Å². The Bertz CT molecular complexity index is 962. The Morgan fingerprint density at radius 3 is 2.69 bits per heavy atom. The van der Waals surface area contributed by atoms with E-state index < -0.39 is 0 Å². The first-order valence-electron chi connectivity index (χ1n) is 8.51. The monoisotopic (exact) mass is 351 g/mol. The minimum Gasteiger partial charge on any atom is -0.487 e. The highest BCUT2D eigenvalue weighted by atomic mass is 16.5. The van der Waals surface area contributed by atoms with Gasteiger partial charge in [0.25, 0.3) is 5.56 Å². The summed E-state index contributed by atoms with van der Waals surface area (Å²) in [6.45, 7) is 4.20. The lowest BCUT2D eigenvalue weighted by molar-refractivity contribution is -0.116. The van der Waals surface area contributed by atoms with Gasteiger partial charge in [0.1, 0.15) is 18.0 Å². The molecule has 0 aliphatic heterocycles. The van der Waals surface area contributed by atoms with Crippen molar-refractivity contribution in [2.75, 3.05) is 5.32 Å². The Labute approximate surface area is 151 Å². The molecule has 3 rings (SSSR count). The van der Waals surface area contributed by atoms with E-state index in [0.717, 1.165) is 5.69 Å². The van der Waals surface area contributed by atoms with Crippen molar-refractivity contribution < 1.29 is 9.53 Å². The van der Waals surface area contributed by atoms with Crippen LogP contribution < -0.4 is 15.6 Å². The number of carbonyl (C=O) groups is 1. The number of hydrogen-bond acceptors (Lipinski definition) is 4. The second-order valence-corrected chi connectivity index (χ2v) is 6.47. The molecule has 1 amide bonds. The minimum absolute atomic E-state index is 0.00509. The van der Waals surface area contributed by atoms with Gasteiger partial charge in [-0.1, -0.05) is 19.9 Å². The zero-order valence-corrected chi connectivity index (χ0v) is 14.8. The van der Waals surface area contributed by atoms with E-state index in [9.17, 15) is 9.59 Å². The van der Waals surface area contributed by atoms with Crippen LogP contribution in [0.15, 0.2) is 59.5 Å². The SMILES string of the molecule is CC(C)CC(=O)Nc1ccc(OCc2cc(=O)n3ccccc3n2)cc1. The molecule has 0 atom stereocenters. The molecule has 2 heterocycles. The number of nitrogens with one attached hydrogen (secondary N) is 1. The Hall–Kier alpha value is -3.15. The lowest BCUT2D eigenvalue weighted by atomic mass is 10.1. The fraction of sp³-hybridized carbons (Fsp3) is 0.250. The van der Waals surface area contributed by atoms with Crippen molar-refractivity contribution in [3.8, 4) is 5.75 Å². The summed E-state index contributed by atoms with van der Waals surface area (Å²) >= 11 is 0. The van der Waals surface area contributed by atoms with Gasteiger partial charge in [0.2, 0.25) is 5.91 Å². The maximum Gasteiger partial charge on any atom is 0.258 e. The quantitative estimate of drug-likeness (QED) is 0.740. The average Bonchev–Trinajstić information content (AvgIpc) is 2.60. The summed E-state index contributed by atoms with van der Waals surface area (Å²) in [6.07, 6.45) is 2.17. The Kier molecular flexibility index (Phi) is 5.31. The molecule has 0 spiro atoms. The summed E-state index contributed by atoms with van der Waals surface area (Å²) < 4.78 is 7.18. The summed E-state index contributed by atoms with van der Waals surface area (Å²) in [6, 6.07) is 14.0. The number of amides is 1. The van der Waals surface area contributed by atoms with Crippen LogP contribution in [-0.2, 0) is 11.4 Å². The molecule has 1 N–H and O–H groups in total. The maximum atomic E-state index is 12.1. The van der Waals surface area contributed by atoms with Gasteiger partial charge in [-0.15, -0.1) is 0 Å². The van der Waals surface area contributed by atoms with E-state index >= 15 is 0 Å². The van der Waals surface area contributed by atoms with Crippen LogP contribution in [0, 0.1) is 5.92 Å². The summed E-state index contributed by atoms with van der Waals surface area (Å²) in [5.74, 6) is 0.951. The van der Waals surface area contributed by atoms with Crippen LogP contribution in [0.3, 0.4) is 0 Å². The van der Waals surface area contributed by atoms with Gasteiger partial charge in [0.15, 0.2) is 0 Å². The van der Waals surface area contributed by atoms with Gasteiger partial charge in [-0.25, -0.2) is 4.98 Å². The molecule has 3 aromatic rings. The molecule has 0 saturated carbocycles. The number of anilines is 1. The van der Waals surface area contributed by atoms with Gasteiger partial charge in [0.05, 0.1) is 5.69 Å². The summed E-state index contributed by atoms with van der Waals surface area (Å²) in [5, 5.41) is 2.85. The first-order chi connectivity index (χ1) is 12.5. The molecule has 2 aromatic heterocycles. The zero-order valence-electron chi connectivity index (χ0n) is 14.8. The highest BCUT2D eigenvalue weighted by Gasteiger charge is 2.06. The van der Waals surface area contributed by atoms with Crippen molar-refractivity contribution in [2.45, 2.75) is 26.9 Å². The van der Waals surface area contributed by atoms with E-state index in [1.54, 1.807) is 42.6 Å². The fourth-order valence-electron chi connectivity index (χ4n) is 2.55. The Balaban J connectivity index is 1.63. The van der Waals surface area contributed by atoms with E-state index in [0.29, 0.717) is 29.4 Å². The molecular formula is C20H21N3O3. The number of ether oxygens (including phenoxy) is 1. The van der Waals surface area contributed by atoms with Gasteiger partial charge in [0, 0.05) is 24.4 Å². The van der Waals surface area contributed by atoms with Crippen LogP contribution in [0.2, 0.25) is 0 Å². The van der Waals surface area contributed by atoms with E-state index in [-0.39, 0.29) is 18.1 Å². The van der Waals surface area contributed by atoms with Gasteiger partial charge in [-0.3, -0.25) is 14.0 Å². The maximum absolute atomic E-state index is 12.1. The predicted molar refractivity (Wildman–Crippen MR) is 100 cm³/mol. The first kappa shape index (κ1) is 17.7. The molecule has 0 unspecified atom stereocenters. The number of nitrogens with zero attached hydrogens (tertiary/aromatic N) is 2. The molecule has 26 heavy (non-hydrogen) atoms. The first-order valence-corrected chi connectivity index (χ1v) is 8.51. The number of benzene rings is 1. The third-order valence-electron chi connectivity index (χ3n) is 3.74. The number of rotatable bonds is 6. The van der Waals surface area contributed by atoms with Crippen molar-refractivity contribution >= 4 is 17.2 Å². The highest BCUT2D eigenvalue weighted by molar-refractivity contribution is 5.90. The second kappa shape index (κ2) is 7.82. The van der Waals surface area contributed by atoms with Crippen molar-refractivity contribution in [1.29, 1.82) is 0 Å². The van der Waals surface area contributed by atoms with E-state index in [2.05, 4.69) is 10.3 Å². The summed E-state index contributed by atoms with van der Waals surface area (Å²) in [7, 11) is 0. The molecule has 6 heteroatoms. The molecule has 0 fully saturated rings. The molecular weight excluding hydrogens is 330 g/mol. The molecule has 0 radical (unpaired) electrons. The van der Waals surface area contributed by atoms with Crippen LogP contribution in [0.1, 0.15) is 26.0 Å². The lowest BCUT2D eigenvalue weighted by Gasteiger charge is -2.09. The molecule has 0 aliphatic rings. The summed E-state index contributed by atoms with van der Waals surface area (Å²) in [4.78, 5) is 28.3. The predicted octanol–water partition coefficient (Wildman–Crippen LogP) is 3.26. The third-order valence-corrected chi connectivity index (χ3v) is 3.74. The summed E-state index contributed by atoms with van der Waals surface area (Å²) in [5.41, 5.74) is 1.74. The lowest BCUT2D eigenvalue weighted by Crippen LogP contribution is -2.16. The molecule has 0 aliphatic carbocycles. The van der Waals surface area contributed by atoms with Crippen molar-refractivity contribution in [1.82, 2.24) is 9.38 Å². The van der Waals surface area contributed by atoms with E-state index in [1.807, 2.05) is 19.9 Å². The van der Waals surface area contributed by atoms with Crippen LogP contribution in [0.25, 0.3) is 5.65 Å². The van der Waals surface area contributed by atoms with Gasteiger partial charge >= 0.3 is 0 Å². The number of pyridine rings is 1. The van der Waals surface area contributed by atoms with Gasteiger partial charge in [-0.05, 0) is 42.3 Å². The van der Waals surface area contributed by atoms with Crippen LogP contribution in [-0.4, -0.2) is 15.3 Å². The second-order valence-electron chi connectivity index (χ2n) is 6.47. The van der Waals surface area contributed by atoms with Crippen molar-refractivity contribution in [3.63, 3.8) is 0 Å². The highest BCUT2D eigenvalue weighted by Crippen LogP contribution is 2.17. The van der Waals surface area contributed by atoms with Crippen LogP contribution >= 0.6 is 0 Å². The van der Waals surface area contributed by atoms with Crippen molar-refractivity contribution in [2.24, 2.45) is 5.92 Å². The molecule has 1 aromatic carbocycles. The minimum atomic E-state index is -0.141. The number of hydrogen-bond donors (Lipinski definition) is 1. The van der Waals surface area contributed by atoms with Crippen molar-refractivity contribution in [3.05, 3.63) is 70.8 Å².